The number of hydrogen-bond acceptors (Lipinski definition) is 2. The first-order chi connectivity index (χ1) is 5.58. The van der Waals surface area contributed by atoms with Crippen LogP contribution in [-0.4, -0.2) is 29.7 Å². The number of hydrogen-bond donors (Lipinski definition) is 0. The predicted molar refractivity (Wildman–Crippen MR) is 49.2 cm³/mol. The zero-order valence-corrected chi connectivity index (χ0v) is 8.68. The number of amides is 1. The van der Waals surface area contributed by atoms with Crippen LogP contribution in [0.3, 0.4) is 0 Å². The van der Waals surface area contributed by atoms with Crippen LogP contribution in [0.5, 0.6) is 0 Å². The molecule has 1 aliphatic rings. The predicted octanol–water partition coefficient (Wildman–Crippen LogP) is 2.26. The van der Waals surface area contributed by atoms with Gasteiger partial charge in [0.1, 0.15) is 6.61 Å². The van der Waals surface area contributed by atoms with Crippen LogP contribution < -0.4 is 0 Å². The lowest BCUT2D eigenvalue weighted by Crippen LogP contribution is -2.41. The topological polar surface area (TPSA) is 29.5 Å². The summed E-state index contributed by atoms with van der Waals surface area (Å²) in [4.78, 5) is 12.7. The first-order valence-electron chi connectivity index (χ1n) is 4.52. The fourth-order valence-corrected chi connectivity index (χ4v) is 1.20. The van der Waals surface area contributed by atoms with Crippen LogP contribution in [0.4, 0.5) is 4.79 Å². The summed E-state index contributed by atoms with van der Waals surface area (Å²) in [6, 6.07) is 0. The lowest BCUT2D eigenvalue weighted by molar-refractivity contribution is 0.157. The van der Waals surface area contributed by atoms with Crippen molar-refractivity contribution in [3.8, 4) is 0 Å². The number of likely N-dealkylation sites (N-methyl/N-ethyl adjacent to an activating group) is 1. The Kier molecular flexibility index (Phi) is 4.07. The van der Waals surface area contributed by atoms with Gasteiger partial charge in [0.15, 0.2) is 0 Å². The lowest BCUT2D eigenvalue weighted by Gasteiger charge is -2.25. The van der Waals surface area contributed by atoms with E-state index in [0.717, 1.165) is 6.54 Å². The second-order valence-corrected chi connectivity index (χ2v) is 3.11. The Bertz CT molecular complexity index is 155. The molecule has 0 radical (unpaired) electrons. The number of ether oxygens (including phenoxy) is 1. The summed E-state index contributed by atoms with van der Waals surface area (Å²) in [5.74, 6) is 0. The molecular weight excluding hydrogens is 154 g/mol. The van der Waals surface area contributed by atoms with Crippen LogP contribution in [0.15, 0.2) is 0 Å². The summed E-state index contributed by atoms with van der Waals surface area (Å²) < 4.78 is 4.86. The minimum atomic E-state index is -0.187. The second kappa shape index (κ2) is 4.33. The molecule has 0 bridgehead atoms. The fraction of sp³-hybridized carbons (Fsp3) is 0.889. The summed E-state index contributed by atoms with van der Waals surface area (Å²) in [7, 11) is 0. The molecule has 12 heavy (non-hydrogen) atoms. The lowest BCUT2D eigenvalue weighted by atomic mass is 10.1. The molecule has 1 aliphatic heterocycles. The van der Waals surface area contributed by atoms with Crippen molar-refractivity contribution < 1.29 is 9.53 Å². The van der Waals surface area contributed by atoms with Crippen molar-refractivity contribution in [2.45, 2.75) is 40.2 Å². The molecule has 1 amide bonds. The standard InChI is InChI=1S/C7H13NO2.C2H6/c1-4-8-6(9)10-5-7(8,2)3;1-2/h4-5H2,1-3H3;1-2H3. The van der Waals surface area contributed by atoms with Crippen molar-refractivity contribution in [1.29, 1.82) is 0 Å². The van der Waals surface area contributed by atoms with Gasteiger partial charge in [-0.1, -0.05) is 13.8 Å². The number of carbonyl (C=O) groups is 1. The largest absolute Gasteiger partial charge is 0.447 e. The third-order valence-corrected chi connectivity index (χ3v) is 1.82. The van der Waals surface area contributed by atoms with Crippen molar-refractivity contribution in [2.24, 2.45) is 0 Å². The van der Waals surface area contributed by atoms with Gasteiger partial charge in [-0.3, -0.25) is 4.90 Å². The maximum atomic E-state index is 10.9. The van der Waals surface area contributed by atoms with E-state index in [2.05, 4.69) is 0 Å². The van der Waals surface area contributed by atoms with Crippen molar-refractivity contribution in [3.63, 3.8) is 0 Å². The zero-order chi connectivity index (χ0) is 9.78. The average molecular weight is 173 g/mol. The van der Waals surface area contributed by atoms with E-state index < -0.39 is 0 Å². The molecule has 0 saturated carbocycles. The number of cyclic esters (lactones) is 1. The smallest absolute Gasteiger partial charge is 0.410 e. The van der Waals surface area contributed by atoms with E-state index in [1.807, 2.05) is 34.6 Å². The zero-order valence-electron chi connectivity index (χ0n) is 8.68. The van der Waals surface area contributed by atoms with Gasteiger partial charge in [0.2, 0.25) is 0 Å². The Balaban J connectivity index is 0.000000561. The molecule has 0 aliphatic carbocycles. The first kappa shape index (κ1) is 11.3. The van der Waals surface area contributed by atoms with Crippen molar-refractivity contribution in [3.05, 3.63) is 0 Å². The third-order valence-electron chi connectivity index (χ3n) is 1.82. The Hall–Kier alpha value is -0.730. The van der Waals surface area contributed by atoms with Gasteiger partial charge in [-0.25, -0.2) is 4.79 Å². The molecule has 0 N–H and O–H groups in total. The number of rotatable bonds is 1. The Morgan fingerprint density at radius 1 is 1.50 bits per heavy atom. The molecule has 0 aromatic carbocycles. The van der Waals surface area contributed by atoms with Gasteiger partial charge in [-0.2, -0.15) is 0 Å². The quantitative estimate of drug-likeness (QED) is 0.608. The summed E-state index contributed by atoms with van der Waals surface area (Å²) in [6.07, 6.45) is -0.187. The number of nitrogens with zero attached hydrogens (tertiary/aromatic N) is 1. The van der Waals surface area contributed by atoms with E-state index in [0.29, 0.717) is 6.61 Å². The molecule has 1 saturated heterocycles. The fourth-order valence-electron chi connectivity index (χ4n) is 1.20. The van der Waals surface area contributed by atoms with E-state index >= 15 is 0 Å². The molecule has 1 fully saturated rings. The Morgan fingerprint density at radius 3 is 2.17 bits per heavy atom. The maximum absolute atomic E-state index is 10.9. The molecule has 1 heterocycles. The average Bonchev–Trinajstić information content (AvgIpc) is 2.30. The molecule has 3 nitrogen and oxygen atoms in total. The molecule has 1 rings (SSSR count). The minimum Gasteiger partial charge on any atom is -0.447 e. The SMILES string of the molecule is CC.CCN1C(=O)OCC1(C)C. The van der Waals surface area contributed by atoms with Crippen LogP contribution in [0.1, 0.15) is 34.6 Å². The van der Waals surface area contributed by atoms with E-state index in [1.54, 1.807) is 4.90 Å². The summed E-state index contributed by atoms with van der Waals surface area (Å²) >= 11 is 0. The van der Waals surface area contributed by atoms with Gasteiger partial charge >= 0.3 is 6.09 Å². The monoisotopic (exact) mass is 173 g/mol. The molecule has 0 aromatic rings. The van der Waals surface area contributed by atoms with Crippen LogP contribution in [0, 0.1) is 0 Å². The van der Waals surface area contributed by atoms with Gasteiger partial charge in [-0.15, -0.1) is 0 Å². The van der Waals surface area contributed by atoms with Gasteiger partial charge < -0.3 is 4.74 Å². The van der Waals surface area contributed by atoms with Gasteiger partial charge in [0, 0.05) is 6.54 Å². The molecular formula is C9H19NO2. The van der Waals surface area contributed by atoms with Gasteiger partial charge in [-0.05, 0) is 20.8 Å². The van der Waals surface area contributed by atoms with E-state index in [-0.39, 0.29) is 11.6 Å². The molecule has 0 unspecified atom stereocenters. The minimum absolute atomic E-state index is 0.105. The summed E-state index contributed by atoms with van der Waals surface area (Å²) in [5, 5.41) is 0. The van der Waals surface area contributed by atoms with Gasteiger partial charge in [0.05, 0.1) is 5.54 Å². The molecule has 72 valence electrons. The highest BCUT2D eigenvalue weighted by atomic mass is 16.6. The van der Waals surface area contributed by atoms with E-state index in [1.165, 1.54) is 0 Å². The number of carbonyl (C=O) groups excluding carboxylic acids is 1. The van der Waals surface area contributed by atoms with Crippen LogP contribution in [0.25, 0.3) is 0 Å². The molecule has 0 atom stereocenters. The van der Waals surface area contributed by atoms with Crippen molar-refractivity contribution >= 4 is 6.09 Å². The van der Waals surface area contributed by atoms with E-state index in [4.69, 9.17) is 4.74 Å². The highest BCUT2D eigenvalue weighted by Gasteiger charge is 2.38. The Labute approximate surface area is 74.7 Å². The Morgan fingerprint density at radius 2 is 2.00 bits per heavy atom. The first-order valence-corrected chi connectivity index (χ1v) is 4.52. The van der Waals surface area contributed by atoms with Gasteiger partial charge in [0.25, 0.3) is 0 Å². The second-order valence-electron chi connectivity index (χ2n) is 3.11. The highest BCUT2D eigenvalue weighted by molar-refractivity contribution is 5.70. The maximum Gasteiger partial charge on any atom is 0.410 e. The third kappa shape index (κ3) is 2.13. The summed E-state index contributed by atoms with van der Waals surface area (Å²) in [5.41, 5.74) is -0.105. The van der Waals surface area contributed by atoms with Crippen LogP contribution >= 0.6 is 0 Å². The summed E-state index contributed by atoms with van der Waals surface area (Å²) in [6.45, 7) is 11.2. The van der Waals surface area contributed by atoms with Crippen molar-refractivity contribution in [2.75, 3.05) is 13.2 Å². The van der Waals surface area contributed by atoms with Crippen LogP contribution in [0.2, 0.25) is 0 Å². The normalized spacial score (nSPS) is 19.8. The highest BCUT2D eigenvalue weighted by Crippen LogP contribution is 2.22. The van der Waals surface area contributed by atoms with Crippen molar-refractivity contribution in [1.82, 2.24) is 4.90 Å². The molecule has 0 aromatic heterocycles. The van der Waals surface area contributed by atoms with Crippen LogP contribution in [-0.2, 0) is 4.74 Å². The molecule has 3 heteroatoms. The van der Waals surface area contributed by atoms with E-state index in [9.17, 15) is 4.79 Å². The molecule has 0 spiro atoms.